The number of carbonyl (C=O) groups excluding carboxylic acids is 2. The molecule has 0 saturated carbocycles. The first-order chi connectivity index (χ1) is 12.2. The number of rotatable bonds is 6. The highest BCUT2D eigenvalue weighted by molar-refractivity contribution is 5.93. The molecule has 1 aromatic carbocycles. The average Bonchev–Trinajstić information content (AvgIpc) is 3.31. The highest BCUT2D eigenvalue weighted by Gasteiger charge is 2.21. The molecule has 2 aromatic heterocycles. The van der Waals surface area contributed by atoms with Crippen LogP contribution in [0.15, 0.2) is 53.4 Å². The Labute approximate surface area is 142 Å². The molecule has 0 radical (unpaired) electrons. The lowest BCUT2D eigenvalue weighted by Crippen LogP contribution is -2.13. The van der Waals surface area contributed by atoms with Crippen LogP contribution in [0, 0.1) is 0 Å². The maximum atomic E-state index is 12.4. The van der Waals surface area contributed by atoms with Gasteiger partial charge in [-0.1, -0.05) is 23.4 Å². The molecule has 0 amide bonds. The molecule has 0 saturated heterocycles. The molecule has 8 heteroatoms. The van der Waals surface area contributed by atoms with E-state index in [1.807, 2.05) is 6.07 Å². The van der Waals surface area contributed by atoms with E-state index in [0.29, 0.717) is 12.1 Å². The fraction of sp³-hybridized carbons (Fsp3) is 0.176. The molecule has 0 aliphatic heterocycles. The molecule has 0 unspecified atom stereocenters. The van der Waals surface area contributed by atoms with Gasteiger partial charge in [-0.15, -0.1) is 0 Å². The van der Waals surface area contributed by atoms with Gasteiger partial charge in [-0.25, -0.2) is 14.3 Å². The van der Waals surface area contributed by atoms with Crippen molar-refractivity contribution in [1.29, 1.82) is 0 Å². The average molecular weight is 341 g/mol. The summed E-state index contributed by atoms with van der Waals surface area (Å²) in [6.07, 6.45) is 3.51. The van der Waals surface area contributed by atoms with Crippen molar-refractivity contribution in [2.75, 3.05) is 13.7 Å². The summed E-state index contributed by atoms with van der Waals surface area (Å²) in [5.41, 5.74) is 1.61. The number of benzene rings is 1. The molecular weight excluding hydrogens is 326 g/mol. The summed E-state index contributed by atoms with van der Waals surface area (Å²) >= 11 is 0. The summed E-state index contributed by atoms with van der Waals surface area (Å²) in [6.45, 7) is 0.146. The maximum Gasteiger partial charge on any atom is 0.358 e. The third kappa shape index (κ3) is 3.74. The quantitative estimate of drug-likeness (QED) is 0.633. The Morgan fingerprint density at radius 1 is 1.20 bits per heavy atom. The largest absolute Gasteiger partial charge is 0.464 e. The molecular formula is C17H15N3O5. The second-order valence-electron chi connectivity index (χ2n) is 5.07. The Balaban J connectivity index is 1.81. The minimum Gasteiger partial charge on any atom is -0.464 e. The second kappa shape index (κ2) is 7.43. The Hall–Kier alpha value is -3.42. The Morgan fingerprint density at radius 2 is 2.00 bits per heavy atom. The van der Waals surface area contributed by atoms with Crippen LogP contribution >= 0.6 is 0 Å². The van der Waals surface area contributed by atoms with Crippen LogP contribution in [0.5, 0.6) is 0 Å². The first-order valence-corrected chi connectivity index (χ1v) is 7.48. The van der Waals surface area contributed by atoms with Gasteiger partial charge in [-0.05, 0) is 12.1 Å². The number of hydrogen-bond acceptors (Lipinski definition) is 7. The molecule has 3 aromatic rings. The van der Waals surface area contributed by atoms with Gasteiger partial charge in [0.25, 0.3) is 0 Å². The van der Waals surface area contributed by atoms with Gasteiger partial charge >= 0.3 is 11.9 Å². The van der Waals surface area contributed by atoms with Crippen LogP contribution in [0.4, 0.5) is 0 Å². The summed E-state index contributed by atoms with van der Waals surface area (Å²) in [6, 6.07) is 10.3. The van der Waals surface area contributed by atoms with Gasteiger partial charge in [0, 0.05) is 18.1 Å². The molecule has 0 atom stereocenters. The summed E-state index contributed by atoms with van der Waals surface area (Å²) < 4.78 is 16.0. The zero-order valence-electron chi connectivity index (χ0n) is 13.4. The molecule has 0 spiro atoms. The number of nitrogens with zero attached hydrogens (tertiary/aromatic N) is 3. The van der Waals surface area contributed by atoms with Gasteiger partial charge in [0.2, 0.25) is 0 Å². The summed E-state index contributed by atoms with van der Waals surface area (Å²) in [4.78, 5) is 24.2. The minimum absolute atomic E-state index is 0.0253. The molecule has 0 aliphatic carbocycles. The van der Waals surface area contributed by atoms with Crippen molar-refractivity contribution in [1.82, 2.24) is 14.9 Å². The first-order valence-electron chi connectivity index (χ1n) is 7.48. The number of methoxy groups -OCH3 is 1. The van der Waals surface area contributed by atoms with E-state index in [0.717, 1.165) is 5.56 Å². The lowest BCUT2D eigenvalue weighted by molar-refractivity contribution is 0.0498. The number of para-hydroxylation sites is 1. The van der Waals surface area contributed by atoms with E-state index in [9.17, 15) is 9.59 Å². The Kier molecular flexibility index (Phi) is 4.89. The van der Waals surface area contributed by atoms with Gasteiger partial charge in [-0.2, -0.15) is 5.10 Å². The van der Waals surface area contributed by atoms with Gasteiger partial charge < -0.3 is 14.0 Å². The first kappa shape index (κ1) is 16.4. The molecule has 25 heavy (non-hydrogen) atoms. The topological polar surface area (TPSA) is 96.5 Å². The second-order valence-corrected chi connectivity index (χ2v) is 5.07. The molecule has 2 heterocycles. The highest BCUT2D eigenvalue weighted by atomic mass is 16.5. The third-order valence-corrected chi connectivity index (χ3v) is 3.42. The zero-order valence-corrected chi connectivity index (χ0v) is 13.4. The molecule has 8 nitrogen and oxygen atoms in total. The molecule has 128 valence electrons. The zero-order chi connectivity index (χ0) is 17.6. The Bertz CT molecular complexity index is 856. The van der Waals surface area contributed by atoms with Crippen molar-refractivity contribution in [2.45, 2.75) is 6.42 Å². The van der Waals surface area contributed by atoms with E-state index >= 15 is 0 Å². The standard InChI is InChI=1S/C17H15N3O5/c1-23-16(21)14-9-15(20(19-14)13-5-3-2-4-6-13)17(22)24-8-7-12-10-18-25-11-12/h2-6,9-11H,7-8H2,1H3. The van der Waals surface area contributed by atoms with Crippen molar-refractivity contribution in [2.24, 2.45) is 0 Å². The Morgan fingerprint density at radius 3 is 2.68 bits per heavy atom. The van der Waals surface area contributed by atoms with E-state index < -0.39 is 11.9 Å². The lowest BCUT2D eigenvalue weighted by Gasteiger charge is -2.07. The van der Waals surface area contributed by atoms with E-state index in [1.165, 1.54) is 24.1 Å². The van der Waals surface area contributed by atoms with Crippen LogP contribution in [0.2, 0.25) is 0 Å². The van der Waals surface area contributed by atoms with E-state index in [4.69, 9.17) is 9.26 Å². The maximum absolute atomic E-state index is 12.4. The van der Waals surface area contributed by atoms with E-state index in [-0.39, 0.29) is 18.0 Å². The van der Waals surface area contributed by atoms with E-state index in [2.05, 4.69) is 15.0 Å². The van der Waals surface area contributed by atoms with Crippen molar-refractivity contribution in [3.8, 4) is 5.69 Å². The molecule has 0 aliphatic rings. The van der Waals surface area contributed by atoms with Crippen LogP contribution in [-0.2, 0) is 15.9 Å². The number of hydrogen-bond donors (Lipinski definition) is 0. The van der Waals surface area contributed by atoms with Crippen LogP contribution in [-0.4, -0.2) is 40.6 Å². The molecule has 0 fully saturated rings. The number of ether oxygens (including phenoxy) is 2. The number of esters is 2. The molecule has 0 bridgehead atoms. The number of carbonyl (C=O) groups is 2. The van der Waals surface area contributed by atoms with E-state index in [1.54, 1.807) is 30.5 Å². The van der Waals surface area contributed by atoms with Crippen LogP contribution in [0.3, 0.4) is 0 Å². The highest BCUT2D eigenvalue weighted by Crippen LogP contribution is 2.15. The predicted octanol–water partition coefficient (Wildman–Crippen LogP) is 2.05. The number of aromatic nitrogens is 3. The molecule has 0 N–H and O–H groups in total. The minimum atomic E-state index is -0.631. The van der Waals surface area contributed by atoms with Crippen LogP contribution < -0.4 is 0 Å². The van der Waals surface area contributed by atoms with Crippen molar-refractivity contribution >= 4 is 11.9 Å². The SMILES string of the molecule is COC(=O)c1cc(C(=O)OCCc2cnoc2)n(-c2ccccc2)n1. The smallest absolute Gasteiger partial charge is 0.358 e. The lowest BCUT2D eigenvalue weighted by atomic mass is 10.3. The van der Waals surface area contributed by atoms with Gasteiger partial charge in [-0.3, -0.25) is 0 Å². The van der Waals surface area contributed by atoms with Crippen molar-refractivity contribution in [3.05, 3.63) is 65.8 Å². The third-order valence-electron chi connectivity index (χ3n) is 3.42. The van der Waals surface area contributed by atoms with Gasteiger partial charge in [0.05, 0.1) is 25.6 Å². The monoisotopic (exact) mass is 341 g/mol. The summed E-state index contributed by atoms with van der Waals surface area (Å²) in [5, 5.41) is 7.73. The van der Waals surface area contributed by atoms with Crippen molar-refractivity contribution in [3.63, 3.8) is 0 Å². The summed E-state index contributed by atoms with van der Waals surface area (Å²) in [5.74, 6) is -1.23. The van der Waals surface area contributed by atoms with Gasteiger partial charge in [0.15, 0.2) is 11.4 Å². The van der Waals surface area contributed by atoms with Gasteiger partial charge in [0.1, 0.15) is 6.26 Å². The van der Waals surface area contributed by atoms with Crippen LogP contribution in [0.1, 0.15) is 26.5 Å². The molecule has 3 rings (SSSR count). The van der Waals surface area contributed by atoms with Crippen molar-refractivity contribution < 1.29 is 23.6 Å². The fourth-order valence-electron chi connectivity index (χ4n) is 2.18. The summed E-state index contributed by atoms with van der Waals surface area (Å²) in [7, 11) is 1.25. The fourth-order valence-corrected chi connectivity index (χ4v) is 2.18. The normalized spacial score (nSPS) is 10.4. The van der Waals surface area contributed by atoms with Crippen LogP contribution in [0.25, 0.3) is 5.69 Å². The predicted molar refractivity (Wildman–Crippen MR) is 85.4 cm³/mol.